The van der Waals surface area contributed by atoms with Crippen molar-refractivity contribution in [3.05, 3.63) is 23.6 Å². The van der Waals surface area contributed by atoms with Crippen LogP contribution >= 0.6 is 0 Å². The van der Waals surface area contributed by atoms with Gasteiger partial charge >= 0.3 is 0 Å². The lowest BCUT2D eigenvalue weighted by molar-refractivity contribution is 0.323. The van der Waals surface area contributed by atoms with Crippen LogP contribution in [0, 0.1) is 5.82 Å². The molecular formula is C10H13FN2O. The van der Waals surface area contributed by atoms with E-state index in [1.54, 1.807) is 12.3 Å². The van der Waals surface area contributed by atoms with Crippen LogP contribution in [0.2, 0.25) is 0 Å². The van der Waals surface area contributed by atoms with E-state index in [4.69, 9.17) is 10.5 Å². The summed E-state index contributed by atoms with van der Waals surface area (Å²) in [5.74, 6) is -0.177. The second-order valence-corrected chi connectivity index (χ2v) is 3.57. The average molecular weight is 196 g/mol. The van der Waals surface area contributed by atoms with E-state index in [0.717, 1.165) is 12.8 Å². The first-order chi connectivity index (χ1) is 6.74. The molecule has 3 nitrogen and oxygen atoms in total. The second-order valence-electron chi connectivity index (χ2n) is 3.57. The monoisotopic (exact) mass is 196 g/mol. The number of pyridine rings is 1. The molecule has 0 aromatic carbocycles. The molecule has 1 aliphatic rings. The van der Waals surface area contributed by atoms with Gasteiger partial charge in [-0.15, -0.1) is 0 Å². The van der Waals surface area contributed by atoms with Crippen molar-refractivity contribution in [1.29, 1.82) is 0 Å². The average Bonchev–Trinajstić information content (AvgIpc) is 2.19. The topological polar surface area (TPSA) is 48.1 Å². The maximum Gasteiger partial charge on any atom is 0.250 e. The molecule has 0 amide bonds. The highest BCUT2D eigenvalue weighted by atomic mass is 19.1. The Morgan fingerprint density at radius 2 is 2.36 bits per heavy atom. The lowest BCUT2D eigenvalue weighted by atomic mass is 9.76. The van der Waals surface area contributed by atoms with E-state index in [-0.39, 0.29) is 23.7 Å². The van der Waals surface area contributed by atoms with Gasteiger partial charge in [0.25, 0.3) is 0 Å². The summed E-state index contributed by atoms with van der Waals surface area (Å²) < 4.78 is 18.5. The molecule has 1 saturated carbocycles. The van der Waals surface area contributed by atoms with Crippen LogP contribution in [0.4, 0.5) is 4.39 Å². The van der Waals surface area contributed by atoms with Crippen molar-refractivity contribution in [2.45, 2.75) is 24.8 Å². The highest BCUT2D eigenvalue weighted by Crippen LogP contribution is 2.37. The molecule has 0 aliphatic heterocycles. The molecule has 0 saturated heterocycles. The molecule has 2 N–H and O–H groups in total. The summed E-state index contributed by atoms with van der Waals surface area (Å²) >= 11 is 0. The van der Waals surface area contributed by atoms with Gasteiger partial charge in [0.05, 0.1) is 7.11 Å². The quantitative estimate of drug-likeness (QED) is 0.778. The van der Waals surface area contributed by atoms with Gasteiger partial charge in [-0.25, -0.2) is 9.37 Å². The van der Waals surface area contributed by atoms with Crippen molar-refractivity contribution in [2.24, 2.45) is 5.73 Å². The maximum absolute atomic E-state index is 13.7. The molecule has 14 heavy (non-hydrogen) atoms. The Hall–Kier alpha value is -1.16. The molecule has 1 aromatic heterocycles. The first kappa shape index (κ1) is 9.40. The summed E-state index contributed by atoms with van der Waals surface area (Å²) in [6, 6.07) is 1.76. The van der Waals surface area contributed by atoms with E-state index < -0.39 is 0 Å². The standard InChI is InChI=1S/C10H13FN2O/c1-14-10-9(11)7(4-5-13-10)6-2-3-8(6)12/h4-6,8H,2-3,12H2,1H3. The highest BCUT2D eigenvalue weighted by Gasteiger charge is 2.31. The number of methoxy groups -OCH3 is 1. The van der Waals surface area contributed by atoms with Crippen molar-refractivity contribution in [3.63, 3.8) is 0 Å². The summed E-state index contributed by atoms with van der Waals surface area (Å²) in [5, 5.41) is 0. The third-order valence-electron chi connectivity index (χ3n) is 2.81. The number of aromatic nitrogens is 1. The molecule has 2 unspecified atom stereocenters. The Balaban J connectivity index is 2.33. The van der Waals surface area contributed by atoms with Gasteiger partial charge in [-0.3, -0.25) is 0 Å². The van der Waals surface area contributed by atoms with Gasteiger partial charge in [0.2, 0.25) is 5.88 Å². The smallest absolute Gasteiger partial charge is 0.250 e. The molecule has 2 rings (SSSR count). The number of nitrogens with two attached hydrogens (primary N) is 1. The van der Waals surface area contributed by atoms with Gasteiger partial charge in [0, 0.05) is 18.2 Å². The Morgan fingerprint density at radius 3 is 2.86 bits per heavy atom. The number of rotatable bonds is 2. The van der Waals surface area contributed by atoms with Gasteiger partial charge in [-0.1, -0.05) is 0 Å². The van der Waals surface area contributed by atoms with Gasteiger partial charge < -0.3 is 10.5 Å². The Morgan fingerprint density at radius 1 is 1.57 bits per heavy atom. The van der Waals surface area contributed by atoms with Crippen molar-refractivity contribution < 1.29 is 9.13 Å². The number of hydrogen-bond acceptors (Lipinski definition) is 3. The number of halogens is 1. The minimum absolute atomic E-state index is 0.0570. The van der Waals surface area contributed by atoms with E-state index >= 15 is 0 Å². The first-order valence-electron chi connectivity index (χ1n) is 4.68. The summed E-state index contributed by atoms with van der Waals surface area (Å²) in [6.07, 6.45) is 3.47. The van der Waals surface area contributed by atoms with Crippen molar-refractivity contribution >= 4 is 0 Å². The van der Waals surface area contributed by atoms with Gasteiger partial charge in [0.1, 0.15) is 0 Å². The first-order valence-corrected chi connectivity index (χ1v) is 4.68. The summed E-state index contributed by atoms with van der Waals surface area (Å²) in [5.41, 5.74) is 6.42. The second kappa shape index (κ2) is 3.53. The highest BCUT2D eigenvalue weighted by molar-refractivity contribution is 5.29. The predicted octanol–water partition coefficient (Wildman–Crippen LogP) is 1.43. The molecule has 1 aliphatic carbocycles. The van der Waals surface area contributed by atoms with Crippen LogP contribution in [0.5, 0.6) is 5.88 Å². The Bertz CT molecular complexity index is 343. The molecule has 0 spiro atoms. The van der Waals surface area contributed by atoms with Crippen LogP contribution in [0.3, 0.4) is 0 Å². The number of hydrogen-bond donors (Lipinski definition) is 1. The van der Waals surface area contributed by atoms with Crippen LogP contribution in [-0.2, 0) is 0 Å². The van der Waals surface area contributed by atoms with E-state index in [1.807, 2.05) is 0 Å². The Kier molecular flexibility index (Phi) is 2.37. The third kappa shape index (κ3) is 1.35. The molecular weight excluding hydrogens is 183 g/mol. The normalized spacial score (nSPS) is 25.6. The molecule has 1 heterocycles. The predicted molar refractivity (Wildman–Crippen MR) is 50.7 cm³/mol. The van der Waals surface area contributed by atoms with Crippen LogP contribution in [0.1, 0.15) is 24.3 Å². The third-order valence-corrected chi connectivity index (χ3v) is 2.81. The fourth-order valence-corrected chi connectivity index (χ4v) is 1.78. The summed E-state index contributed by atoms with van der Waals surface area (Å²) in [6.45, 7) is 0. The number of nitrogens with zero attached hydrogens (tertiary/aromatic N) is 1. The van der Waals surface area contributed by atoms with Gasteiger partial charge in [-0.05, 0) is 24.5 Å². The summed E-state index contributed by atoms with van der Waals surface area (Å²) in [4.78, 5) is 3.79. The molecule has 4 heteroatoms. The molecule has 1 aromatic rings. The molecule has 0 bridgehead atoms. The minimum Gasteiger partial charge on any atom is -0.479 e. The lowest BCUT2D eigenvalue weighted by Gasteiger charge is -2.34. The van der Waals surface area contributed by atoms with Crippen LogP contribution in [0.25, 0.3) is 0 Å². The fourth-order valence-electron chi connectivity index (χ4n) is 1.78. The van der Waals surface area contributed by atoms with Gasteiger partial charge in [0.15, 0.2) is 5.82 Å². The van der Waals surface area contributed by atoms with Crippen molar-refractivity contribution in [3.8, 4) is 5.88 Å². The zero-order valence-electron chi connectivity index (χ0n) is 8.03. The maximum atomic E-state index is 13.7. The zero-order valence-corrected chi connectivity index (χ0v) is 8.03. The van der Waals surface area contributed by atoms with Crippen LogP contribution in [-0.4, -0.2) is 18.1 Å². The van der Waals surface area contributed by atoms with Crippen molar-refractivity contribution in [1.82, 2.24) is 4.98 Å². The van der Waals surface area contributed by atoms with Crippen molar-refractivity contribution in [2.75, 3.05) is 7.11 Å². The molecule has 76 valence electrons. The van der Waals surface area contributed by atoms with Gasteiger partial charge in [-0.2, -0.15) is 0 Å². The Labute approximate surface area is 82.1 Å². The van der Waals surface area contributed by atoms with E-state index in [9.17, 15) is 4.39 Å². The van der Waals surface area contributed by atoms with E-state index in [0.29, 0.717) is 5.56 Å². The van der Waals surface area contributed by atoms with Crippen LogP contribution < -0.4 is 10.5 Å². The molecule has 0 radical (unpaired) electrons. The fraction of sp³-hybridized carbons (Fsp3) is 0.500. The lowest BCUT2D eigenvalue weighted by Crippen LogP contribution is -2.37. The van der Waals surface area contributed by atoms with E-state index in [1.165, 1.54) is 7.11 Å². The summed E-state index contributed by atoms with van der Waals surface area (Å²) in [7, 11) is 1.41. The molecule has 2 atom stereocenters. The number of ether oxygens (including phenoxy) is 1. The molecule has 1 fully saturated rings. The largest absolute Gasteiger partial charge is 0.479 e. The van der Waals surface area contributed by atoms with Crippen LogP contribution in [0.15, 0.2) is 12.3 Å². The zero-order chi connectivity index (χ0) is 10.1. The van der Waals surface area contributed by atoms with E-state index in [2.05, 4.69) is 4.98 Å². The SMILES string of the molecule is COc1nccc(C2CCC2N)c1F. The minimum atomic E-state index is -0.366.